The van der Waals surface area contributed by atoms with E-state index in [-0.39, 0.29) is 12.5 Å². The maximum absolute atomic E-state index is 12.4. The molecule has 0 radical (unpaired) electrons. The van der Waals surface area contributed by atoms with Gasteiger partial charge in [-0.3, -0.25) is 9.48 Å². The van der Waals surface area contributed by atoms with E-state index in [4.69, 9.17) is 4.74 Å². The third kappa shape index (κ3) is 4.82. The second-order valence-electron chi connectivity index (χ2n) is 6.93. The van der Waals surface area contributed by atoms with Gasteiger partial charge < -0.3 is 15.2 Å². The van der Waals surface area contributed by atoms with Gasteiger partial charge in [0.1, 0.15) is 17.0 Å². The Kier molecular flexibility index (Phi) is 5.85. The molecule has 1 aromatic heterocycles. The largest absolute Gasteiger partial charge is 0.497 e. The Labute approximate surface area is 148 Å². The van der Waals surface area contributed by atoms with Crippen LogP contribution in [0.4, 0.5) is 0 Å². The van der Waals surface area contributed by atoms with Gasteiger partial charge in [-0.1, -0.05) is 26.0 Å². The van der Waals surface area contributed by atoms with Crippen LogP contribution < -0.4 is 10.1 Å². The van der Waals surface area contributed by atoms with Crippen molar-refractivity contribution in [3.8, 4) is 5.75 Å². The number of benzene rings is 1. The fraction of sp³-hybridized carbons (Fsp3) is 0.474. The second-order valence-corrected chi connectivity index (χ2v) is 6.93. The number of aromatic nitrogens is 2. The highest BCUT2D eigenvalue weighted by Gasteiger charge is 2.25. The molecular weight excluding hydrogens is 318 g/mol. The monoisotopic (exact) mass is 345 g/mol. The van der Waals surface area contributed by atoms with Gasteiger partial charge in [0, 0.05) is 7.05 Å². The third-order valence-corrected chi connectivity index (χ3v) is 4.09. The molecule has 6 nitrogen and oxygen atoms in total. The van der Waals surface area contributed by atoms with Crippen LogP contribution in [0.3, 0.4) is 0 Å². The molecule has 0 saturated carbocycles. The van der Waals surface area contributed by atoms with E-state index in [0.717, 1.165) is 17.9 Å². The van der Waals surface area contributed by atoms with Gasteiger partial charge in [0.15, 0.2) is 0 Å². The lowest BCUT2D eigenvalue weighted by atomic mass is 9.96. The summed E-state index contributed by atoms with van der Waals surface area (Å²) in [7, 11) is 3.34. The maximum Gasteiger partial charge on any atom is 0.269 e. The van der Waals surface area contributed by atoms with Crippen molar-refractivity contribution < 1.29 is 14.6 Å². The summed E-state index contributed by atoms with van der Waals surface area (Å²) < 4.78 is 6.70. The molecule has 2 aromatic rings. The van der Waals surface area contributed by atoms with Crippen molar-refractivity contribution in [3.05, 3.63) is 47.3 Å². The van der Waals surface area contributed by atoms with Gasteiger partial charge in [-0.15, -0.1) is 0 Å². The van der Waals surface area contributed by atoms with Crippen LogP contribution in [0.15, 0.2) is 30.3 Å². The number of rotatable bonds is 7. The van der Waals surface area contributed by atoms with Crippen LogP contribution in [0, 0.1) is 5.92 Å². The topological polar surface area (TPSA) is 76.4 Å². The molecule has 0 fully saturated rings. The summed E-state index contributed by atoms with van der Waals surface area (Å²) in [5.74, 6) is 0.941. The predicted molar refractivity (Wildman–Crippen MR) is 96.6 cm³/mol. The molecule has 0 aliphatic heterocycles. The number of nitrogens with one attached hydrogen (secondary N) is 1. The van der Waals surface area contributed by atoms with E-state index in [2.05, 4.69) is 24.3 Å². The first-order valence-corrected chi connectivity index (χ1v) is 8.41. The number of ether oxygens (including phenoxy) is 1. The molecule has 1 atom stereocenters. The summed E-state index contributed by atoms with van der Waals surface area (Å²) in [6, 6.07) is 8.94. The Hall–Kier alpha value is -2.34. The highest BCUT2D eigenvalue weighted by Crippen LogP contribution is 2.22. The van der Waals surface area contributed by atoms with Crippen LogP contribution >= 0.6 is 0 Å². The molecule has 0 unspecified atom stereocenters. The van der Waals surface area contributed by atoms with Crippen molar-refractivity contribution in [2.24, 2.45) is 13.0 Å². The van der Waals surface area contributed by atoms with E-state index in [9.17, 15) is 9.90 Å². The number of hydrogen-bond donors (Lipinski definition) is 2. The maximum atomic E-state index is 12.4. The van der Waals surface area contributed by atoms with E-state index >= 15 is 0 Å². The Morgan fingerprint density at radius 3 is 2.56 bits per heavy atom. The van der Waals surface area contributed by atoms with Crippen molar-refractivity contribution in [3.63, 3.8) is 0 Å². The molecule has 1 amide bonds. The zero-order valence-corrected chi connectivity index (χ0v) is 15.5. The molecule has 6 heteroatoms. The first kappa shape index (κ1) is 19.0. The lowest BCUT2D eigenvalue weighted by molar-refractivity contribution is 0.0523. The van der Waals surface area contributed by atoms with Crippen LogP contribution in [0.2, 0.25) is 0 Å². The minimum Gasteiger partial charge on any atom is -0.497 e. The Bertz CT molecular complexity index is 718. The number of carbonyl (C=O) groups excluding carboxylic acids is 1. The van der Waals surface area contributed by atoms with E-state index < -0.39 is 5.60 Å². The van der Waals surface area contributed by atoms with Crippen LogP contribution in [0.1, 0.15) is 42.5 Å². The summed E-state index contributed by atoms with van der Waals surface area (Å²) in [6.07, 6.45) is 0.824. The number of nitrogens with zero attached hydrogens (tertiary/aromatic N) is 2. The summed E-state index contributed by atoms with van der Waals surface area (Å²) in [4.78, 5) is 12.4. The van der Waals surface area contributed by atoms with Crippen LogP contribution in [0.5, 0.6) is 5.75 Å². The number of aliphatic hydroxyl groups is 1. The molecule has 0 bridgehead atoms. The van der Waals surface area contributed by atoms with Crippen LogP contribution in [-0.2, 0) is 19.1 Å². The highest BCUT2D eigenvalue weighted by atomic mass is 16.5. The quantitative estimate of drug-likeness (QED) is 0.807. The van der Waals surface area contributed by atoms with Gasteiger partial charge in [0.25, 0.3) is 5.91 Å². The molecule has 25 heavy (non-hydrogen) atoms. The molecule has 0 spiro atoms. The molecule has 0 saturated heterocycles. The molecule has 2 rings (SSSR count). The van der Waals surface area contributed by atoms with E-state index in [1.165, 1.54) is 0 Å². The smallest absolute Gasteiger partial charge is 0.269 e. The molecule has 136 valence electrons. The molecule has 2 N–H and O–H groups in total. The third-order valence-electron chi connectivity index (χ3n) is 4.09. The van der Waals surface area contributed by atoms with E-state index in [1.807, 2.05) is 0 Å². The van der Waals surface area contributed by atoms with Gasteiger partial charge in [-0.05, 0) is 43.0 Å². The molecule has 0 aliphatic rings. The van der Waals surface area contributed by atoms with Crippen molar-refractivity contribution in [2.75, 3.05) is 13.7 Å². The standard InChI is InChI=1S/C19H27N3O3/c1-13(2)10-15-11-17(22(4)21-15)18(23)20-12-19(3,24)14-6-8-16(25-5)9-7-14/h6-9,11,13,24H,10,12H2,1-5H3,(H,20,23)/t19-/m0/s1. The SMILES string of the molecule is COc1ccc([C@@](C)(O)CNC(=O)c2cc(CC(C)C)nn2C)cc1. The molecule has 1 aromatic carbocycles. The first-order valence-electron chi connectivity index (χ1n) is 8.41. The summed E-state index contributed by atoms with van der Waals surface area (Å²) >= 11 is 0. The molecule has 0 aliphatic carbocycles. The Balaban J connectivity index is 2.03. The number of amides is 1. The number of aryl methyl sites for hydroxylation is 1. The summed E-state index contributed by atoms with van der Waals surface area (Å²) in [6.45, 7) is 5.99. The minimum absolute atomic E-state index is 0.100. The van der Waals surface area contributed by atoms with Gasteiger partial charge in [0.05, 0.1) is 19.3 Å². The summed E-state index contributed by atoms with van der Waals surface area (Å²) in [5.41, 5.74) is 0.909. The van der Waals surface area contributed by atoms with Gasteiger partial charge in [-0.25, -0.2) is 0 Å². The number of carbonyl (C=O) groups is 1. The number of methoxy groups -OCH3 is 1. The van der Waals surface area contributed by atoms with Crippen molar-refractivity contribution in [1.82, 2.24) is 15.1 Å². The molecule has 1 heterocycles. The summed E-state index contributed by atoms with van der Waals surface area (Å²) in [5, 5.41) is 17.8. The lowest BCUT2D eigenvalue weighted by Gasteiger charge is -2.24. The fourth-order valence-electron chi connectivity index (χ4n) is 2.65. The zero-order chi connectivity index (χ0) is 18.6. The van der Waals surface area contributed by atoms with Gasteiger partial charge >= 0.3 is 0 Å². The van der Waals surface area contributed by atoms with Crippen molar-refractivity contribution >= 4 is 5.91 Å². The zero-order valence-electron chi connectivity index (χ0n) is 15.5. The van der Waals surface area contributed by atoms with Gasteiger partial charge in [-0.2, -0.15) is 5.10 Å². The van der Waals surface area contributed by atoms with Crippen molar-refractivity contribution in [2.45, 2.75) is 32.8 Å². The highest BCUT2D eigenvalue weighted by molar-refractivity contribution is 5.92. The normalized spacial score (nSPS) is 13.6. The predicted octanol–water partition coefficient (Wildman–Crippen LogP) is 2.26. The average molecular weight is 345 g/mol. The first-order chi connectivity index (χ1) is 11.7. The average Bonchev–Trinajstić information content (AvgIpc) is 2.92. The Morgan fingerprint density at radius 1 is 1.36 bits per heavy atom. The van der Waals surface area contributed by atoms with E-state index in [1.54, 1.807) is 56.1 Å². The van der Waals surface area contributed by atoms with Gasteiger partial charge in [0.2, 0.25) is 0 Å². The minimum atomic E-state index is -1.18. The van der Waals surface area contributed by atoms with Crippen LogP contribution in [0.25, 0.3) is 0 Å². The number of hydrogen-bond acceptors (Lipinski definition) is 4. The second kappa shape index (κ2) is 7.70. The Morgan fingerprint density at radius 2 is 2.00 bits per heavy atom. The van der Waals surface area contributed by atoms with E-state index in [0.29, 0.717) is 17.2 Å². The molecular formula is C19H27N3O3. The lowest BCUT2D eigenvalue weighted by Crippen LogP contribution is -2.39. The van der Waals surface area contributed by atoms with Crippen LogP contribution in [-0.4, -0.2) is 34.4 Å². The fourth-order valence-corrected chi connectivity index (χ4v) is 2.65. The van der Waals surface area contributed by atoms with Crippen molar-refractivity contribution in [1.29, 1.82) is 0 Å².